The fraction of sp³-hybridized carbons (Fsp3) is 0.312. The fourth-order valence-electron chi connectivity index (χ4n) is 2.01. The first-order valence-corrected chi connectivity index (χ1v) is 8.57. The summed E-state index contributed by atoms with van der Waals surface area (Å²) >= 11 is 1.51. The van der Waals surface area contributed by atoms with Gasteiger partial charge in [-0.05, 0) is 36.6 Å². The highest BCUT2D eigenvalue weighted by molar-refractivity contribution is 7.98. The van der Waals surface area contributed by atoms with Crippen molar-refractivity contribution in [3.63, 3.8) is 0 Å². The summed E-state index contributed by atoms with van der Waals surface area (Å²) in [4.78, 5) is 34.1. The average Bonchev–Trinajstić information content (AvgIpc) is 2.56. The summed E-state index contributed by atoms with van der Waals surface area (Å²) in [7, 11) is 0. The Hall–Kier alpha value is -2.48. The van der Waals surface area contributed by atoms with Crippen LogP contribution < -0.4 is 15.7 Å². The average molecular weight is 351 g/mol. The largest absolute Gasteiger partial charge is 0.484 e. The zero-order valence-electron chi connectivity index (χ0n) is 13.0. The van der Waals surface area contributed by atoms with Crippen LogP contribution in [0.1, 0.15) is 6.42 Å². The summed E-state index contributed by atoms with van der Waals surface area (Å²) in [6.45, 7) is -0.328. The van der Waals surface area contributed by atoms with Crippen LogP contribution >= 0.6 is 11.8 Å². The number of amides is 1. The predicted molar refractivity (Wildman–Crippen MR) is 90.5 cm³/mol. The number of hydrogen-bond acceptors (Lipinski definition) is 6. The van der Waals surface area contributed by atoms with Gasteiger partial charge in [-0.2, -0.15) is 11.8 Å². The predicted octanol–water partition coefficient (Wildman–Crippen LogP) is 1.49. The molecule has 128 valence electrons. The Kier molecular flexibility index (Phi) is 6.25. The van der Waals surface area contributed by atoms with Gasteiger partial charge in [-0.25, -0.2) is 9.59 Å². The van der Waals surface area contributed by atoms with E-state index in [4.69, 9.17) is 14.3 Å². The first-order chi connectivity index (χ1) is 11.5. The minimum atomic E-state index is -1.08. The van der Waals surface area contributed by atoms with E-state index in [1.807, 2.05) is 6.26 Å². The molecule has 0 bridgehead atoms. The number of nitrogens with one attached hydrogen (secondary N) is 1. The lowest BCUT2D eigenvalue weighted by Crippen LogP contribution is -2.43. The summed E-state index contributed by atoms with van der Waals surface area (Å²) in [6, 6.07) is 6.84. The minimum absolute atomic E-state index is 0.328. The number of benzene rings is 1. The fourth-order valence-corrected chi connectivity index (χ4v) is 2.48. The molecular weight excluding hydrogens is 334 g/mol. The number of carboxylic acid groups (broad SMARTS) is 1. The van der Waals surface area contributed by atoms with Crippen LogP contribution in [-0.4, -0.2) is 41.6 Å². The zero-order valence-corrected chi connectivity index (χ0v) is 13.8. The third-order valence-electron chi connectivity index (χ3n) is 3.21. The lowest BCUT2D eigenvalue weighted by molar-refractivity contribution is -0.142. The number of carboxylic acids is 1. The van der Waals surface area contributed by atoms with E-state index in [1.54, 1.807) is 18.2 Å². The molecular formula is C16H17NO6S. The SMILES string of the molecule is CSCC[C@H](NC(=O)COc1ccc2ccc(=O)oc2c1)C(=O)O. The zero-order chi connectivity index (χ0) is 17.5. The molecule has 0 aliphatic carbocycles. The van der Waals surface area contributed by atoms with E-state index in [0.717, 1.165) is 5.39 Å². The van der Waals surface area contributed by atoms with Crippen LogP contribution in [0.25, 0.3) is 11.0 Å². The summed E-state index contributed by atoms with van der Waals surface area (Å²) in [6.07, 6.45) is 2.20. The highest BCUT2D eigenvalue weighted by Gasteiger charge is 2.19. The maximum Gasteiger partial charge on any atom is 0.336 e. The third kappa shape index (κ3) is 5.02. The van der Waals surface area contributed by atoms with E-state index in [-0.39, 0.29) is 6.61 Å². The molecule has 1 heterocycles. The van der Waals surface area contributed by atoms with Crippen molar-refractivity contribution in [2.24, 2.45) is 0 Å². The molecule has 0 saturated heterocycles. The van der Waals surface area contributed by atoms with E-state index >= 15 is 0 Å². The van der Waals surface area contributed by atoms with E-state index in [2.05, 4.69) is 5.32 Å². The maximum atomic E-state index is 11.8. The molecule has 0 unspecified atom stereocenters. The summed E-state index contributed by atoms with van der Waals surface area (Å²) in [5.41, 5.74) is -0.126. The molecule has 0 radical (unpaired) electrons. The number of carbonyl (C=O) groups is 2. The molecule has 8 heteroatoms. The topological polar surface area (TPSA) is 106 Å². The Morgan fingerprint density at radius 1 is 1.33 bits per heavy atom. The van der Waals surface area contributed by atoms with Crippen LogP contribution in [0, 0.1) is 0 Å². The van der Waals surface area contributed by atoms with E-state index < -0.39 is 23.5 Å². The second-order valence-corrected chi connectivity index (χ2v) is 5.97. The van der Waals surface area contributed by atoms with Gasteiger partial charge in [0, 0.05) is 17.5 Å². The number of carbonyl (C=O) groups excluding carboxylic acids is 1. The van der Waals surface area contributed by atoms with Gasteiger partial charge in [-0.15, -0.1) is 0 Å². The highest BCUT2D eigenvalue weighted by Crippen LogP contribution is 2.19. The maximum absolute atomic E-state index is 11.8. The minimum Gasteiger partial charge on any atom is -0.484 e. The molecule has 0 spiro atoms. The molecule has 7 nitrogen and oxygen atoms in total. The van der Waals surface area contributed by atoms with E-state index in [9.17, 15) is 14.4 Å². The first kappa shape index (κ1) is 17.9. The summed E-state index contributed by atoms with van der Waals surface area (Å²) in [5.74, 6) is -0.632. The molecule has 24 heavy (non-hydrogen) atoms. The van der Waals surface area contributed by atoms with Crippen LogP contribution in [0.2, 0.25) is 0 Å². The van der Waals surface area contributed by atoms with Crippen molar-refractivity contribution in [3.8, 4) is 5.75 Å². The molecule has 1 aromatic heterocycles. The number of rotatable bonds is 8. The molecule has 0 aliphatic rings. The highest BCUT2D eigenvalue weighted by atomic mass is 32.2. The van der Waals surface area contributed by atoms with Crippen molar-refractivity contribution in [2.45, 2.75) is 12.5 Å². The second-order valence-electron chi connectivity index (χ2n) is 4.98. The standard InChI is InChI=1S/C16H17NO6S/c1-24-7-6-12(16(20)21)17-14(18)9-22-11-4-2-10-3-5-15(19)23-13(10)8-11/h2-5,8,12H,6-7,9H2,1H3,(H,17,18)(H,20,21)/t12-/m0/s1. The molecule has 1 amide bonds. The number of fused-ring (bicyclic) bond motifs is 1. The van der Waals surface area contributed by atoms with Gasteiger partial charge in [0.2, 0.25) is 0 Å². The third-order valence-corrected chi connectivity index (χ3v) is 3.85. The Morgan fingerprint density at radius 2 is 2.08 bits per heavy atom. The lowest BCUT2D eigenvalue weighted by atomic mass is 10.2. The number of aliphatic carboxylic acids is 1. The molecule has 2 aromatic rings. The van der Waals surface area contributed by atoms with Gasteiger partial charge >= 0.3 is 11.6 Å². The summed E-state index contributed by atoms with van der Waals surface area (Å²) < 4.78 is 10.4. The second kappa shape index (κ2) is 8.39. The number of hydrogen-bond donors (Lipinski definition) is 2. The van der Waals surface area contributed by atoms with Gasteiger partial charge in [-0.3, -0.25) is 4.79 Å². The van der Waals surface area contributed by atoms with Crippen molar-refractivity contribution in [3.05, 3.63) is 40.8 Å². The van der Waals surface area contributed by atoms with Crippen LogP contribution in [-0.2, 0) is 9.59 Å². The van der Waals surface area contributed by atoms with Crippen molar-refractivity contribution < 1.29 is 23.8 Å². The summed E-state index contributed by atoms with van der Waals surface area (Å²) in [5, 5.41) is 12.2. The molecule has 2 N–H and O–H groups in total. The lowest BCUT2D eigenvalue weighted by Gasteiger charge is -2.14. The van der Waals surface area contributed by atoms with Crippen LogP contribution in [0.5, 0.6) is 5.75 Å². The monoisotopic (exact) mass is 351 g/mol. The van der Waals surface area contributed by atoms with Gasteiger partial charge in [0.1, 0.15) is 17.4 Å². The molecule has 0 saturated carbocycles. The van der Waals surface area contributed by atoms with E-state index in [0.29, 0.717) is 23.5 Å². The van der Waals surface area contributed by atoms with Crippen molar-refractivity contribution in [1.82, 2.24) is 5.32 Å². The normalized spacial score (nSPS) is 11.9. The Balaban J connectivity index is 1.95. The van der Waals surface area contributed by atoms with Crippen molar-refractivity contribution in [1.29, 1.82) is 0 Å². The van der Waals surface area contributed by atoms with Gasteiger partial charge in [0.25, 0.3) is 5.91 Å². The van der Waals surface area contributed by atoms with Crippen LogP contribution in [0.4, 0.5) is 0 Å². The molecule has 0 aliphatic heterocycles. The van der Waals surface area contributed by atoms with Crippen molar-refractivity contribution >= 4 is 34.6 Å². The molecule has 0 fully saturated rings. The quantitative estimate of drug-likeness (QED) is 0.694. The van der Waals surface area contributed by atoms with Gasteiger partial charge in [-0.1, -0.05) is 0 Å². The van der Waals surface area contributed by atoms with Gasteiger partial charge in [0.05, 0.1) is 0 Å². The molecule has 2 rings (SSSR count). The number of ether oxygens (including phenoxy) is 1. The Bertz CT molecular complexity index is 787. The van der Waals surface area contributed by atoms with Crippen LogP contribution in [0.3, 0.4) is 0 Å². The van der Waals surface area contributed by atoms with Gasteiger partial charge in [0.15, 0.2) is 6.61 Å². The van der Waals surface area contributed by atoms with Crippen molar-refractivity contribution in [2.75, 3.05) is 18.6 Å². The molecule has 1 aromatic carbocycles. The van der Waals surface area contributed by atoms with E-state index in [1.165, 1.54) is 23.9 Å². The smallest absolute Gasteiger partial charge is 0.336 e. The Morgan fingerprint density at radius 3 is 2.79 bits per heavy atom. The van der Waals surface area contributed by atoms with Gasteiger partial charge < -0.3 is 19.6 Å². The first-order valence-electron chi connectivity index (χ1n) is 7.17. The molecule has 1 atom stereocenters. The van der Waals surface area contributed by atoms with Crippen LogP contribution in [0.15, 0.2) is 39.5 Å². The number of thioether (sulfide) groups is 1. The Labute approximate surface area is 142 Å².